The van der Waals surface area contributed by atoms with Crippen LogP contribution in [0, 0.1) is 19.8 Å². The van der Waals surface area contributed by atoms with Gasteiger partial charge in [0.1, 0.15) is 17.0 Å². The molecule has 5 rings (SSSR count). The second-order valence-electron chi connectivity index (χ2n) is 8.77. The van der Waals surface area contributed by atoms with E-state index in [1.807, 2.05) is 57.2 Å². The molecule has 2 aromatic heterocycles. The van der Waals surface area contributed by atoms with Crippen molar-refractivity contribution in [2.24, 2.45) is 5.92 Å². The number of aromatic carboxylic acids is 1. The summed E-state index contributed by atoms with van der Waals surface area (Å²) in [6.45, 7) is 7.33. The maximum Gasteiger partial charge on any atom is 0.156 e. The number of carbonyl (C=O) groups excluding carboxylic acids is 1. The number of pyridine rings is 1. The molecule has 4 aromatic rings. The number of carboxylic acid groups (broad SMARTS) is 1. The molecule has 0 amide bonds. The average molecular weight is 445 g/mol. The molecule has 0 bridgehead atoms. The lowest BCUT2D eigenvalue weighted by molar-refractivity contribution is -0.254. The Hall–Kier alpha value is -3.38. The van der Waals surface area contributed by atoms with Gasteiger partial charge in [0.05, 0.1) is 23.0 Å². The van der Waals surface area contributed by atoms with Gasteiger partial charge in [-0.2, -0.15) is 0 Å². The number of rotatable bonds is 5. The van der Waals surface area contributed by atoms with E-state index in [4.69, 9.17) is 18.9 Å². The quantitative estimate of drug-likeness (QED) is 0.439. The Bertz CT molecular complexity index is 1350. The van der Waals surface area contributed by atoms with Crippen molar-refractivity contribution in [1.29, 1.82) is 0 Å². The number of carbonyl (C=O) groups is 1. The Kier molecular flexibility index (Phi) is 5.54. The van der Waals surface area contributed by atoms with Crippen LogP contribution in [-0.2, 0) is 4.74 Å². The van der Waals surface area contributed by atoms with Crippen LogP contribution in [0.25, 0.3) is 33.3 Å². The number of aryl methyl sites for hydroxylation is 2. The molecular formula is C27H26NO5-. The number of nitrogens with zero attached hydrogens (tertiary/aromatic N) is 1. The number of carboxylic acids is 1. The molecule has 3 heterocycles. The van der Waals surface area contributed by atoms with E-state index in [1.165, 1.54) is 6.07 Å². The standard InChI is InChI=1S/C27H27NO5/c1-15-8-9-23(32-17(3)18-10-12-31-13-11-18)24-20(27(29)30)14-21(28-25(15)24)26-16(2)19-6-4-5-7-22(19)33-26/h4-9,14,17-18H,10-13H2,1-3H3,(H,29,30)/p-1/t17-/m0/s1. The van der Waals surface area contributed by atoms with E-state index in [9.17, 15) is 9.90 Å². The molecule has 1 aliphatic rings. The molecule has 1 saturated heterocycles. The van der Waals surface area contributed by atoms with Crippen molar-refractivity contribution in [3.05, 3.63) is 59.2 Å². The van der Waals surface area contributed by atoms with Crippen molar-refractivity contribution in [3.8, 4) is 17.2 Å². The molecule has 0 radical (unpaired) electrons. The first-order valence-electron chi connectivity index (χ1n) is 11.3. The Morgan fingerprint density at radius 1 is 1.15 bits per heavy atom. The van der Waals surface area contributed by atoms with Gasteiger partial charge in [-0.15, -0.1) is 0 Å². The number of para-hydroxylation sites is 1. The molecule has 0 spiro atoms. The predicted octanol–water partition coefficient (Wildman–Crippen LogP) is 4.82. The Labute approximate surface area is 192 Å². The van der Waals surface area contributed by atoms with Crippen molar-refractivity contribution in [2.75, 3.05) is 13.2 Å². The van der Waals surface area contributed by atoms with Crippen molar-refractivity contribution in [3.63, 3.8) is 0 Å². The van der Waals surface area contributed by atoms with Crippen molar-refractivity contribution in [1.82, 2.24) is 4.98 Å². The molecular weight excluding hydrogens is 418 g/mol. The zero-order valence-corrected chi connectivity index (χ0v) is 19.0. The summed E-state index contributed by atoms with van der Waals surface area (Å²) in [7, 11) is 0. The van der Waals surface area contributed by atoms with Crippen LogP contribution in [0.1, 0.15) is 41.3 Å². The van der Waals surface area contributed by atoms with Crippen LogP contribution in [0.2, 0.25) is 0 Å². The van der Waals surface area contributed by atoms with Gasteiger partial charge in [-0.05, 0) is 63.3 Å². The third-order valence-corrected chi connectivity index (χ3v) is 6.66. The molecule has 0 aliphatic carbocycles. The van der Waals surface area contributed by atoms with Crippen LogP contribution < -0.4 is 9.84 Å². The van der Waals surface area contributed by atoms with Crippen LogP contribution in [0.15, 0.2) is 46.9 Å². The van der Waals surface area contributed by atoms with Gasteiger partial charge in [-0.1, -0.05) is 24.3 Å². The maximum atomic E-state index is 12.3. The largest absolute Gasteiger partial charge is 0.545 e. The second-order valence-corrected chi connectivity index (χ2v) is 8.77. The van der Waals surface area contributed by atoms with Crippen LogP contribution in [0.4, 0.5) is 0 Å². The normalized spacial score (nSPS) is 15.7. The summed E-state index contributed by atoms with van der Waals surface area (Å²) in [4.78, 5) is 17.1. The van der Waals surface area contributed by atoms with E-state index in [0.717, 1.165) is 48.2 Å². The highest BCUT2D eigenvalue weighted by Crippen LogP contribution is 2.38. The molecule has 1 aliphatic heterocycles. The number of benzene rings is 2. The summed E-state index contributed by atoms with van der Waals surface area (Å²) in [5.41, 5.74) is 3.60. The minimum absolute atomic E-state index is 0.0488. The van der Waals surface area contributed by atoms with Gasteiger partial charge in [-0.3, -0.25) is 0 Å². The van der Waals surface area contributed by atoms with Crippen molar-refractivity contribution >= 4 is 27.8 Å². The second kappa shape index (κ2) is 8.52. The first kappa shape index (κ1) is 21.5. The fraction of sp³-hybridized carbons (Fsp3) is 0.333. The lowest BCUT2D eigenvalue weighted by Gasteiger charge is -2.29. The van der Waals surface area contributed by atoms with Gasteiger partial charge in [0.25, 0.3) is 0 Å². The lowest BCUT2D eigenvalue weighted by Crippen LogP contribution is -2.29. The lowest BCUT2D eigenvalue weighted by atomic mass is 9.94. The molecule has 0 N–H and O–H groups in total. The van der Waals surface area contributed by atoms with Crippen molar-refractivity contribution < 1.29 is 23.8 Å². The highest BCUT2D eigenvalue weighted by molar-refractivity contribution is 6.06. The fourth-order valence-corrected chi connectivity index (χ4v) is 4.72. The molecule has 6 nitrogen and oxygen atoms in total. The molecule has 2 aromatic carbocycles. The number of aromatic nitrogens is 1. The van der Waals surface area contributed by atoms with Gasteiger partial charge in [0.15, 0.2) is 5.76 Å². The molecule has 0 saturated carbocycles. The SMILES string of the molecule is Cc1c(-c2cc(C(=O)[O-])c3c(O[C@@H](C)C4CCOCC4)ccc(C)c3n2)oc2ccccc12. The molecule has 1 fully saturated rings. The van der Waals surface area contributed by atoms with E-state index in [1.54, 1.807) is 0 Å². The smallest absolute Gasteiger partial charge is 0.156 e. The predicted molar refractivity (Wildman–Crippen MR) is 124 cm³/mol. The fourth-order valence-electron chi connectivity index (χ4n) is 4.72. The summed E-state index contributed by atoms with van der Waals surface area (Å²) in [6, 6.07) is 13.0. The van der Waals surface area contributed by atoms with Crippen LogP contribution in [0.5, 0.6) is 5.75 Å². The molecule has 33 heavy (non-hydrogen) atoms. The van der Waals surface area contributed by atoms with Crippen molar-refractivity contribution in [2.45, 2.75) is 39.7 Å². The number of hydrogen-bond acceptors (Lipinski definition) is 6. The van der Waals surface area contributed by atoms with Crippen LogP contribution in [0.3, 0.4) is 0 Å². The Morgan fingerprint density at radius 2 is 1.91 bits per heavy atom. The molecule has 170 valence electrons. The first-order valence-corrected chi connectivity index (χ1v) is 11.3. The number of fused-ring (bicyclic) bond motifs is 2. The van der Waals surface area contributed by atoms with Gasteiger partial charge < -0.3 is 23.8 Å². The first-order chi connectivity index (χ1) is 15.9. The van der Waals surface area contributed by atoms with Gasteiger partial charge in [0.2, 0.25) is 0 Å². The minimum atomic E-state index is -1.27. The molecule has 1 atom stereocenters. The van der Waals surface area contributed by atoms with Crippen LogP contribution in [-0.4, -0.2) is 30.3 Å². The van der Waals surface area contributed by atoms with E-state index in [-0.39, 0.29) is 11.7 Å². The monoisotopic (exact) mass is 444 g/mol. The Balaban J connectivity index is 1.65. The van der Waals surface area contributed by atoms with Gasteiger partial charge in [0, 0.05) is 29.7 Å². The summed E-state index contributed by atoms with van der Waals surface area (Å²) in [5.74, 6) is 0.148. The highest BCUT2D eigenvalue weighted by Gasteiger charge is 2.24. The molecule has 0 unspecified atom stereocenters. The minimum Gasteiger partial charge on any atom is -0.545 e. The van der Waals surface area contributed by atoms with E-state index < -0.39 is 5.97 Å². The van der Waals surface area contributed by atoms with Gasteiger partial charge >= 0.3 is 0 Å². The topological polar surface area (TPSA) is 84.6 Å². The van der Waals surface area contributed by atoms with E-state index >= 15 is 0 Å². The third-order valence-electron chi connectivity index (χ3n) is 6.66. The summed E-state index contributed by atoms with van der Waals surface area (Å²) in [5, 5.41) is 13.7. The number of hydrogen-bond donors (Lipinski definition) is 0. The van der Waals surface area contributed by atoms with Crippen LogP contribution >= 0.6 is 0 Å². The summed E-state index contributed by atoms with van der Waals surface area (Å²) >= 11 is 0. The summed E-state index contributed by atoms with van der Waals surface area (Å²) < 4.78 is 17.8. The Morgan fingerprint density at radius 3 is 2.64 bits per heavy atom. The summed E-state index contributed by atoms with van der Waals surface area (Å²) in [6.07, 6.45) is 1.77. The highest BCUT2D eigenvalue weighted by atomic mass is 16.5. The third kappa shape index (κ3) is 3.85. The van der Waals surface area contributed by atoms with E-state index in [0.29, 0.717) is 34.0 Å². The number of furan rings is 1. The zero-order valence-electron chi connectivity index (χ0n) is 19.0. The maximum absolute atomic E-state index is 12.3. The zero-order chi connectivity index (χ0) is 23.1. The van der Waals surface area contributed by atoms with Gasteiger partial charge in [-0.25, -0.2) is 4.98 Å². The average Bonchev–Trinajstić information content (AvgIpc) is 3.17. The van der Waals surface area contributed by atoms with E-state index in [2.05, 4.69) is 0 Å². The number of ether oxygens (including phenoxy) is 2. The molecule has 6 heteroatoms.